The number of piperazine rings is 1. The Morgan fingerprint density at radius 3 is 2.56 bits per heavy atom. The van der Waals surface area contributed by atoms with Gasteiger partial charge in [-0.2, -0.15) is 18.3 Å². The van der Waals surface area contributed by atoms with Crippen LogP contribution in [0, 0.1) is 11.8 Å². The Kier molecular flexibility index (Phi) is 8.01. The summed E-state index contributed by atoms with van der Waals surface area (Å²) < 4.78 is 43.6. The number of fused-ring (bicyclic) bond motifs is 1. The number of likely N-dealkylation sites (N-methyl/N-ethyl adjacent to an activating group) is 1. The minimum Gasteiger partial charge on any atom is -0.322 e. The molecule has 1 aliphatic rings. The SMILES string of the molecule is CC(C)n1nc(C#Cc2cncc(C(=O)Nc3ccc(CN4CCN(C)CC4)c(C(F)(F)F)c3)c2)c2cncnc21. The monoisotopic (exact) mass is 562 g/mol. The van der Waals surface area contributed by atoms with Crippen molar-refractivity contribution in [3.8, 4) is 11.8 Å². The average Bonchev–Trinajstić information content (AvgIpc) is 3.32. The van der Waals surface area contributed by atoms with E-state index in [1.807, 2.05) is 25.8 Å². The summed E-state index contributed by atoms with van der Waals surface area (Å²) >= 11 is 0. The minimum absolute atomic E-state index is 0.0478. The van der Waals surface area contributed by atoms with Gasteiger partial charge < -0.3 is 10.2 Å². The fourth-order valence-corrected chi connectivity index (χ4v) is 4.60. The molecule has 0 unspecified atom stereocenters. The third-order valence-electron chi connectivity index (χ3n) is 6.85. The van der Waals surface area contributed by atoms with E-state index in [9.17, 15) is 18.0 Å². The van der Waals surface area contributed by atoms with Gasteiger partial charge in [-0.25, -0.2) is 14.6 Å². The van der Waals surface area contributed by atoms with E-state index < -0.39 is 17.6 Å². The quantitative estimate of drug-likeness (QED) is 0.364. The molecular weight excluding hydrogens is 533 g/mol. The van der Waals surface area contributed by atoms with Crippen LogP contribution in [0.3, 0.4) is 0 Å². The number of amides is 1. The number of carbonyl (C=O) groups excluding carboxylic acids is 1. The second-order valence-electron chi connectivity index (χ2n) is 10.3. The second-order valence-corrected chi connectivity index (χ2v) is 10.3. The molecule has 1 aliphatic heterocycles. The van der Waals surface area contributed by atoms with Crippen molar-refractivity contribution in [2.45, 2.75) is 32.6 Å². The fraction of sp³-hybridized carbons (Fsp3) is 0.345. The number of benzene rings is 1. The number of alkyl halides is 3. The highest BCUT2D eigenvalue weighted by Crippen LogP contribution is 2.34. The Bertz CT molecular complexity index is 1630. The number of nitrogens with zero attached hydrogens (tertiary/aromatic N) is 7. The van der Waals surface area contributed by atoms with Crippen LogP contribution in [0.15, 0.2) is 49.2 Å². The second kappa shape index (κ2) is 11.6. The number of hydrogen-bond acceptors (Lipinski definition) is 7. The predicted molar refractivity (Wildman–Crippen MR) is 148 cm³/mol. The zero-order valence-electron chi connectivity index (χ0n) is 22.9. The molecule has 41 heavy (non-hydrogen) atoms. The molecule has 0 saturated carbocycles. The van der Waals surface area contributed by atoms with Crippen molar-refractivity contribution >= 4 is 22.6 Å². The molecule has 4 aromatic rings. The van der Waals surface area contributed by atoms with Crippen LogP contribution in [0.1, 0.15) is 52.6 Å². The predicted octanol–water partition coefficient (Wildman–Crippen LogP) is 4.22. The van der Waals surface area contributed by atoms with Crippen LogP contribution in [0.5, 0.6) is 0 Å². The van der Waals surface area contributed by atoms with Gasteiger partial charge in [-0.1, -0.05) is 12.0 Å². The smallest absolute Gasteiger partial charge is 0.322 e. The lowest BCUT2D eigenvalue weighted by atomic mass is 10.0. The third-order valence-corrected chi connectivity index (χ3v) is 6.85. The fourth-order valence-electron chi connectivity index (χ4n) is 4.60. The first kappa shape index (κ1) is 28.2. The van der Waals surface area contributed by atoms with E-state index in [-0.39, 0.29) is 29.4 Å². The number of halogens is 3. The Labute approximate surface area is 235 Å². The molecule has 212 valence electrons. The molecule has 0 bridgehead atoms. The number of nitrogens with one attached hydrogen (secondary N) is 1. The van der Waals surface area contributed by atoms with Crippen molar-refractivity contribution in [1.29, 1.82) is 0 Å². The lowest BCUT2D eigenvalue weighted by molar-refractivity contribution is -0.138. The van der Waals surface area contributed by atoms with Crippen LogP contribution in [0.25, 0.3) is 11.0 Å². The molecule has 0 radical (unpaired) electrons. The standard InChI is InChI=1S/C29H29F3N8O/c1-19(2)40-27-24(16-34-18-35-27)26(37-40)7-4-20-12-22(15-33-14-20)28(41)36-23-6-5-21(25(13-23)29(30,31)32)17-39-10-8-38(3)9-11-39/h5-6,12-16,18-19H,8-11,17H2,1-3H3,(H,36,41). The number of aromatic nitrogens is 5. The molecule has 0 atom stereocenters. The number of anilines is 1. The van der Waals surface area contributed by atoms with E-state index in [4.69, 9.17) is 0 Å². The van der Waals surface area contributed by atoms with Gasteiger partial charge in [0.25, 0.3) is 5.91 Å². The lowest BCUT2D eigenvalue weighted by Gasteiger charge is -2.33. The highest BCUT2D eigenvalue weighted by molar-refractivity contribution is 6.04. The van der Waals surface area contributed by atoms with E-state index in [0.29, 0.717) is 35.4 Å². The maximum atomic E-state index is 13.9. The first-order chi connectivity index (χ1) is 19.6. The van der Waals surface area contributed by atoms with E-state index in [1.165, 1.54) is 36.9 Å². The van der Waals surface area contributed by atoms with Crippen molar-refractivity contribution in [3.63, 3.8) is 0 Å². The largest absolute Gasteiger partial charge is 0.416 e. The molecule has 3 aromatic heterocycles. The van der Waals surface area contributed by atoms with Gasteiger partial charge in [-0.3, -0.25) is 14.7 Å². The molecule has 1 aromatic carbocycles. The number of pyridine rings is 1. The first-order valence-electron chi connectivity index (χ1n) is 13.2. The molecule has 1 amide bonds. The van der Waals surface area contributed by atoms with Gasteiger partial charge in [-0.15, -0.1) is 0 Å². The van der Waals surface area contributed by atoms with Crippen LogP contribution in [0.4, 0.5) is 18.9 Å². The van der Waals surface area contributed by atoms with Crippen LogP contribution in [-0.4, -0.2) is 73.7 Å². The maximum absolute atomic E-state index is 13.9. The van der Waals surface area contributed by atoms with E-state index in [1.54, 1.807) is 10.9 Å². The van der Waals surface area contributed by atoms with Crippen molar-refractivity contribution in [2.24, 2.45) is 0 Å². The molecule has 9 nitrogen and oxygen atoms in total. The summed E-state index contributed by atoms with van der Waals surface area (Å²) in [4.78, 5) is 29.6. The van der Waals surface area contributed by atoms with Gasteiger partial charge >= 0.3 is 6.18 Å². The van der Waals surface area contributed by atoms with E-state index >= 15 is 0 Å². The molecule has 0 spiro atoms. The molecule has 12 heteroatoms. The molecular formula is C29H29F3N8O. The van der Waals surface area contributed by atoms with Crippen molar-refractivity contribution in [2.75, 3.05) is 38.5 Å². The molecule has 5 rings (SSSR count). The molecule has 1 N–H and O–H groups in total. The maximum Gasteiger partial charge on any atom is 0.416 e. The summed E-state index contributed by atoms with van der Waals surface area (Å²) in [5.74, 6) is 5.36. The Morgan fingerprint density at radius 1 is 1.05 bits per heavy atom. The van der Waals surface area contributed by atoms with Gasteiger partial charge in [0, 0.05) is 68.6 Å². The Morgan fingerprint density at radius 2 is 1.83 bits per heavy atom. The summed E-state index contributed by atoms with van der Waals surface area (Å²) in [5.41, 5.74) is 1.22. The van der Waals surface area contributed by atoms with Crippen molar-refractivity contribution < 1.29 is 18.0 Å². The van der Waals surface area contributed by atoms with Crippen molar-refractivity contribution in [1.82, 2.24) is 34.5 Å². The van der Waals surface area contributed by atoms with Gasteiger partial charge in [0.2, 0.25) is 0 Å². The number of hydrogen-bond donors (Lipinski definition) is 1. The Balaban J connectivity index is 1.34. The van der Waals surface area contributed by atoms with E-state index in [2.05, 4.69) is 42.1 Å². The zero-order chi connectivity index (χ0) is 29.1. The molecule has 1 saturated heterocycles. The number of carbonyl (C=O) groups is 1. The zero-order valence-corrected chi connectivity index (χ0v) is 22.9. The van der Waals surface area contributed by atoms with Gasteiger partial charge in [0.05, 0.1) is 16.5 Å². The van der Waals surface area contributed by atoms with Gasteiger partial charge in [0.15, 0.2) is 5.65 Å². The lowest BCUT2D eigenvalue weighted by Crippen LogP contribution is -2.44. The van der Waals surface area contributed by atoms with Crippen LogP contribution in [-0.2, 0) is 12.7 Å². The summed E-state index contributed by atoms with van der Waals surface area (Å²) in [6.07, 6.45) is 1.37. The van der Waals surface area contributed by atoms with Crippen LogP contribution < -0.4 is 5.32 Å². The highest BCUT2D eigenvalue weighted by atomic mass is 19.4. The third kappa shape index (κ3) is 6.53. The van der Waals surface area contributed by atoms with Crippen molar-refractivity contribution in [3.05, 3.63) is 77.1 Å². The normalized spacial score (nSPS) is 14.7. The van der Waals surface area contributed by atoms with Gasteiger partial charge in [0.1, 0.15) is 12.0 Å². The van der Waals surface area contributed by atoms with Gasteiger partial charge in [-0.05, 0) is 50.6 Å². The summed E-state index contributed by atoms with van der Waals surface area (Å²) in [6.45, 7) is 7.16. The number of rotatable bonds is 5. The highest BCUT2D eigenvalue weighted by Gasteiger charge is 2.34. The molecule has 4 heterocycles. The summed E-state index contributed by atoms with van der Waals surface area (Å²) in [6, 6.07) is 5.50. The Hall–Kier alpha value is -4.34. The topological polar surface area (TPSA) is 92.1 Å². The first-order valence-corrected chi connectivity index (χ1v) is 13.2. The van der Waals surface area contributed by atoms with E-state index in [0.717, 1.165) is 19.2 Å². The molecule has 1 fully saturated rings. The average molecular weight is 563 g/mol. The molecule has 0 aliphatic carbocycles. The summed E-state index contributed by atoms with van der Waals surface area (Å²) in [7, 11) is 1.99. The summed E-state index contributed by atoms with van der Waals surface area (Å²) in [5, 5.41) is 7.81. The van der Waals surface area contributed by atoms with Crippen LogP contribution >= 0.6 is 0 Å². The minimum atomic E-state index is -4.56. The van der Waals surface area contributed by atoms with Crippen LogP contribution in [0.2, 0.25) is 0 Å².